The number of rotatable bonds is 10. The molecule has 0 spiro atoms. The summed E-state index contributed by atoms with van der Waals surface area (Å²) in [5.41, 5.74) is 1.84. The van der Waals surface area contributed by atoms with Gasteiger partial charge in [-0.2, -0.15) is 0 Å². The van der Waals surface area contributed by atoms with E-state index < -0.39 is 0 Å². The third kappa shape index (κ3) is 6.85. The fourth-order valence-corrected chi connectivity index (χ4v) is 3.28. The third-order valence-electron chi connectivity index (χ3n) is 4.50. The van der Waals surface area contributed by atoms with Gasteiger partial charge in [0.05, 0.1) is 24.4 Å². The van der Waals surface area contributed by atoms with Crippen molar-refractivity contribution in [3.63, 3.8) is 0 Å². The van der Waals surface area contributed by atoms with E-state index in [2.05, 4.69) is 32.8 Å². The van der Waals surface area contributed by atoms with E-state index in [9.17, 15) is 9.59 Å². The zero-order valence-electron chi connectivity index (χ0n) is 15.2. The molecule has 0 radical (unpaired) electrons. The maximum absolute atomic E-state index is 12.2. The molecule has 6 nitrogen and oxygen atoms in total. The predicted octanol–water partition coefficient (Wildman–Crippen LogP) is 2.65. The Morgan fingerprint density at radius 3 is 2.38 bits per heavy atom. The quantitative estimate of drug-likeness (QED) is 0.245. The molecule has 144 valence electrons. The number of nitrogens with zero attached hydrogens (tertiary/aromatic N) is 1. The van der Waals surface area contributed by atoms with Crippen molar-refractivity contribution >= 4 is 40.0 Å². The van der Waals surface area contributed by atoms with Gasteiger partial charge in [-0.05, 0) is 44.0 Å². The van der Waals surface area contributed by atoms with Crippen molar-refractivity contribution in [1.82, 2.24) is 5.32 Å². The summed E-state index contributed by atoms with van der Waals surface area (Å²) in [4.78, 5) is 25.9. The molecule has 7 heteroatoms. The average molecular weight is 474 g/mol. The molecule has 0 bridgehead atoms. The SMILES string of the molecule is CC(=O)c1ccc(N2CCC(C(=O)NCCOCCOCI)CC2)cc1. The van der Waals surface area contributed by atoms with Crippen LogP contribution in [0.3, 0.4) is 0 Å². The lowest BCUT2D eigenvalue weighted by molar-refractivity contribution is -0.125. The van der Waals surface area contributed by atoms with Crippen LogP contribution < -0.4 is 10.2 Å². The highest BCUT2D eigenvalue weighted by molar-refractivity contribution is 14.1. The molecule has 1 fully saturated rings. The van der Waals surface area contributed by atoms with Gasteiger partial charge >= 0.3 is 0 Å². The van der Waals surface area contributed by atoms with Gasteiger partial charge in [-0.25, -0.2) is 0 Å². The summed E-state index contributed by atoms with van der Waals surface area (Å²) in [6.45, 7) is 5.46. The van der Waals surface area contributed by atoms with E-state index in [0.717, 1.165) is 37.2 Å². The number of nitrogens with one attached hydrogen (secondary N) is 1. The first-order valence-corrected chi connectivity index (χ1v) is 10.5. The maximum Gasteiger partial charge on any atom is 0.223 e. The van der Waals surface area contributed by atoms with Crippen LogP contribution >= 0.6 is 22.6 Å². The van der Waals surface area contributed by atoms with E-state index >= 15 is 0 Å². The van der Waals surface area contributed by atoms with Crippen molar-refractivity contribution in [3.8, 4) is 0 Å². The van der Waals surface area contributed by atoms with Gasteiger partial charge in [-0.1, -0.05) is 22.6 Å². The van der Waals surface area contributed by atoms with Gasteiger partial charge in [0.15, 0.2) is 5.78 Å². The molecule has 1 heterocycles. The fraction of sp³-hybridized carbons (Fsp3) is 0.579. The van der Waals surface area contributed by atoms with Gasteiger partial charge in [0, 0.05) is 36.8 Å². The van der Waals surface area contributed by atoms with Crippen molar-refractivity contribution in [3.05, 3.63) is 29.8 Å². The van der Waals surface area contributed by atoms with Gasteiger partial charge in [0.2, 0.25) is 5.91 Å². The summed E-state index contributed by atoms with van der Waals surface area (Å²) in [7, 11) is 0. The third-order valence-corrected chi connectivity index (χ3v) is 4.94. The highest BCUT2D eigenvalue weighted by Crippen LogP contribution is 2.23. The number of piperidine rings is 1. The van der Waals surface area contributed by atoms with Crippen LogP contribution in [0.2, 0.25) is 0 Å². The lowest BCUT2D eigenvalue weighted by atomic mass is 9.95. The van der Waals surface area contributed by atoms with Gasteiger partial charge in [0.25, 0.3) is 0 Å². The molecule has 26 heavy (non-hydrogen) atoms. The molecule has 1 N–H and O–H groups in total. The van der Waals surface area contributed by atoms with Crippen molar-refractivity contribution < 1.29 is 19.1 Å². The molecule has 1 saturated heterocycles. The van der Waals surface area contributed by atoms with Crippen LogP contribution in [0.1, 0.15) is 30.1 Å². The number of hydrogen-bond acceptors (Lipinski definition) is 5. The summed E-state index contributed by atoms with van der Waals surface area (Å²) < 4.78 is 11.2. The number of halogens is 1. The number of alkyl halides is 1. The van der Waals surface area contributed by atoms with Gasteiger partial charge in [0.1, 0.15) is 0 Å². The van der Waals surface area contributed by atoms with Crippen LogP contribution in [0.25, 0.3) is 0 Å². The standard InChI is InChI=1S/C19H27IN2O4/c1-15(23)16-2-4-18(5-3-16)22-9-6-17(7-10-22)19(24)21-8-11-25-12-13-26-14-20/h2-5,17H,6-14H2,1H3,(H,21,24). The van der Waals surface area contributed by atoms with Crippen LogP contribution in [0.5, 0.6) is 0 Å². The fourth-order valence-electron chi connectivity index (χ4n) is 2.97. The molecule has 1 amide bonds. The highest BCUT2D eigenvalue weighted by atomic mass is 127. The van der Waals surface area contributed by atoms with Crippen LogP contribution in [0, 0.1) is 5.92 Å². The average Bonchev–Trinajstić information content (AvgIpc) is 2.67. The number of benzene rings is 1. The lowest BCUT2D eigenvalue weighted by Crippen LogP contribution is -2.41. The number of anilines is 1. The molecular formula is C19H27IN2O4. The Bertz CT molecular complexity index is 571. The summed E-state index contributed by atoms with van der Waals surface area (Å²) in [5.74, 6) is 0.252. The number of carbonyl (C=O) groups excluding carboxylic acids is 2. The van der Waals surface area contributed by atoms with Crippen molar-refractivity contribution in [2.75, 3.05) is 49.0 Å². The largest absolute Gasteiger partial charge is 0.377 e. The predicted molar refractivity (Wildman–Crippen MR) is 110 cm³/mol. The molecule has 1 aromatic carbocycles. The van der Waals surface area contributed by atoms with E-state index in [1.54, 1.807) is 6.92 Å². The molecule has 1 aliphatic rings. The number of carbonyl (C=O) groups is 2. The van der Waals surface area contributed by atoms with E-state index in [1.165, 1.54) is 0 Å². The van der Waals surface area contributed by atoms with Crippen LogP contribution in [0.15, 0.2) is 24.3 Å². The smallest absolute Gasteiger partial charge is 0.223 e. The minimum atomic E-state index is 0.0603. The monoisotopic (exact) mass is 474 g/mol. The maximum atomic E-state index is 12.2. The highest BCUT2D eigenvalue weighted by Gasteiger charge is 2.24. The van der Waals surface area contributed by atoms with Crippen molar-refractivity contribution in [2.24, 2.45) is 5.92 Å². The summed E-state index contributed by atoms with van der Waals surface area (Å²) in [6, 6.07) is 7.69. The molecule has 0 aliphatic carbocycles. The Hall–Kier alpha value is -1.19. The zero-order valence-corrected chi connectivity index (χ0v) is 17.4. The second-order valence-corrected chi connectivity index (χ2v) is 6.91. The van der Waals surface area contributed by atoms with Crippen molar-refractivity contribution in [2.45, 2.75) is 19.8 Å². The first-order valence-electron chi connectivity index (χ1n) is 8.97. The summed E-state index contributed by atoms with van der Waals surface area (Å²) >= 11 is 2.15. The molecule has 0 saturated carbocycles. The number of hydrogen-bond donors (Lipinski definition) is 1. The first kappa shape index (κ1) is 21.1. The summed E-state index contributed by atoms with van der Waals surface area (Å²) in [6.07, 6.45) is 1.68. The number of ether oxygens (including phenoxy) is 2. The molecule has 0 unspecified atom stereocenters. The van der Waals surface area contributed by atoms with E-state index in [-0.39, 0.29) is 17.6 Å². The minimum Gasteiger partial charge on any atom is -0.377 e. The number of Topliss-reactive ketones (excluding diaryl/α,β-unsaturated/α-hetero) is 1. The van der Waals surface area contributed by atoms with Crippen molar-refractivity contribution in [1.29, 1.82) is 0 Å². The first-order chi connectivity index (χ1) is 12.6. The Morgan fingerprint density at radius 1 is 1.12 bits per heavy atom. The van der Waals surface area contributed by atoms with Gasteiger partial charge in [-0.3, -0.25) is 9.59 Å². The molecular weight excluding hydrogens is 447 g/mol. The Labute approximate surface area is 168 Å². The molecule has 1 aliphatic heterocycles. The Balaban J connectivity index is 1.65. The minimum absolute atomic E-state index is 0.0603. The van der Waals surface area contributed by atoms with Crippen LogP contribution in [-0.2, 0) is 14.3 Å². The Morgan fingerprint density at radius 2 is 1.77 bits per heavy atom. The van der Waals surface area contributed by atoms with Gasteiger partial charge in [-0.15, -0.1) is 0 Å². The molecule has 0 aromatic heterocycles. The molecule has 2 rings (SSSR count). The molecule has 0 atom stereocenters. The van der Waals surface area contributed by atoms with Crippen LogP contribution in [0.4, 0.5) is 5.69 Å². The Kier molecular flexibility index (Phi) is 9.35. The second kappa shape index (κ2) is 11.5. The lowest BCUT2D eigenvalue weighted by Gasteiger charge is -2.33. The van der Waals surface area contributed by atoms with E-state index in [1.807, 2.05) is 24.3 Å². The number of ketones is 1. The second-order valence-electron chi connectivity index (χ2n) is 6.29. The number of amides is 1. The zero-order chi connectivity index (χ0) is 18.8. The molecule has 1 aromatic rings. The van der Waals surface area contributed by atoms with Gasteiger partial charge < -0.3 is 19.7 Å². The van der Waals surface area contributed by atoms with E-state index in [0.29, 0.717) is 31.0 Å². The normalized spacial score (nSPS) is 15.1. The van der Waals surface area contributed by atoms with Crippen LogP contribution in [-0.4, -0.2) is 55.8 Å². The summed E-state index contributed by atoms with van der Waals surface area (Å²) in [5, 5.41) is 2.96. The van der Waals surface area contributed by atoms with E-state index in [4.69, 9.17) is 9.47 Å². The topological polar surface area (TPSA) is 67.9 Å².